The Labute approximate surface area is 127 Å². The van der Waals surface area contributed by atoms with Crippen LogP contribution in [0.2, 0.25) is 0 Å². The van der Waals surface area contributed by atoms with E-state index >= 15 is 0 Å². The Bertz CT molecular complexity index is 400. The lowest BCUT2D eigenvalue weighted by Gasteiger charge is -2.08. The van der Waals surface area contributed by atoms with Crippen LogP contribution in [0.1, 0.15) is 43.2 Å². The summed E-state index contributed by atoms with van der Waals surface area (Å²) in [5, 5.41) is 3.57. The summed E-state index contributed by atoms with van der Waals surface area (Å²) in [6.45, 7) is 3.33. The molecule has 1 saturated carbocycles. The molecular formula is C15H21Br2N. The number of nitrogens with one attached hydrogen (secondary N) is 1. The molecule has 0 atom stereocenters. The molecule has 100 valence electrons. The monoisotopic (exact) mass is 373 g/mol. The predicted octanol–water partition coefficient (Wildman–Crippen LogP) is 4.98. The van der Waals surface area contributed by atoms with Crippen molar-refractivity contribution in [2.75, 3.05) is 6.54 Å². The predicted molar refractivity (Wildman–Crippen MR) is 85.2 cm³/mol. The Hall–Kier alpha value is 0.140. The number of hydrogen-bond acceptors (Lipinski definition) is 1. The zero-order chi connectivity index (χ0) is 13.0. The van der Waals surface area contributed by atoms with E-state index in [9.17, 15) is 0 Å². The molecule has 1 N–H and O–H groups in total. The van der Waals surface area contributed by atoms with Crippen LogP contribution in [0.3, 0.4) is 0 Å². The van der Waals surface area contributed by atoms with Gasteiger partial charge in [0.05, 0.1) is 0 Å². The average molecular weight is 375 g/mol. The minimum Gasteiger partial charge on any atom is -0.314 e. The number of hydrogen-bond donors (Lipinski definition) is 1. The smallest absolute Gasteiger partial charge is 0.0210 e. The quantitative estimate of drug-likeness (QED) is 0.663. The van der Waals surface area contributed by atoms with E-state index in [0.717, 1.165) is 6.04 Å². The van der Waals surface area contributed by atoms with Crippen LogP contribution >= 0.6 is 31.9 Å². The summed E-state index contributed by atoms with van der Waals surface area (Å²) in [6.07, 6.45) is 7.86. The number of unbranched alkanes of at least 4 members (excludes halogenated alkanes) is 2. The maximum Gasteiger partial charge on any atom is 0.0210 e. The van der Waals surface area contributed by atoms with Crippen LogP contribution < -0.4 is 5.32 Å². The Balaban J connectivity index is 1.67. The van der Waals surface area contributed by atoms with Crippen molar-refractivity contribution in [1.82, 2.24) is 5.32 Å². The Morgan fingerprint density at radius 3 is 2.61 bits per heavy atom. The number of benzene rings is 1. The van der Waals surface area contributed by atoms with Gasteiger partial charge < -0.3 is 5.32 Å². The first-order valence-corrected chi connectivity index (χ1v) is 8.43. The first-order valence-electron chi connectivity index (χ1n) is 6.84. The molecule has 1 aromatic rings. The third-order valence-corrected chi connectivity index (χ3v) is 5.05. The van der Waals surface area contributed by atoms with E-state index in [-0.39, 0.29) is 0 Å². The highest BCUT2D eigenvalue weighted by Gasteiger charge is 2.19. The summed E-state index contributed by atoms with van der Waals surface area (Å²) in [7, 11) is 0. The van der Waals surface area contributed by atoms with Gasteiger partial charge in [-0.1, -0.05) is 38.3 Å². The normalized spacial score (nSPS) is 15.1. The van der Waals surface area contributed by atoms with Gasteiger partial charge in [-0.25, -0.2) is 0 Å². The van der Waals surface area contributed by atoms with Crippen LogP contribution in [0.4, 0.5) is 0 Å². The molecule has 18 heavy (non-hydrogen) atoms. The summed E-state index contributed by atoms with van der Waals surface area (Å²) >= 11 is 7.26. The van der Waals surface area contributed by atoms with E-state index in [0.29, 0.717) is 0 Å². The van der Waals surface area contributed by atoms with Gasteiger partial charge in [-0.15, -0.1) is 0 Å². The molecule has 0 spiro atoms. The third-order valence-electron chi connectivity index (χ3n) is 3.46. The van der Waals surface area contributed by atoms with Gasteiger partial charge in [0.2, 0.25) is 0 Å². The second kappa shape index (κ2) is 7.06. The summed E-state index contributed by atoms with van der Waals surface area (Å²) in [4.78, 5) is 0. The van der Waals surface area contributed by atoms with Gasteiger partial charge >= 0.3 is 0 Å². The van der Waals surface area contributed by atoms with Crippen LogP contribution in [-0.4, -0.2) is 12.6 Å². The summed E-state index contributed by atoms with van der Waals surface area (Å²) < 4.78 is 2.47. The summed E-state index contributed by atoms with van der Waals surface area (Å²) in [5.74, 6) is 0. The highest BCUT2D eigenvalue weighted by molar-refractivity contribution is 9.11. The molecule has 0 heterocycles. The zero-order valence-corrected chi connectivity index (χ0v) is 14.1. The van der Waals surface area contributed by atoms with Crippen molar-refractivity contribution in [3.8, 4) is 0 Å². The maximum atomic E-state index is 3.66. The van der Waals surface area contributed by atoms with E-state index in [2.05, 4.69) is 56.2 Å². The van der Waals surface area contributed by atoms with Gasteiger partial charge in [0, 0.05) is 15.0 Å². The largest absolute Gasteiger partial charge is 0.314 e. The minimum atomic E-state index is 0.854. The van der Waals surface area contributed by atoms with Gasteiger partial charge in [0.15, 0.2) is 0 Å². The molecule has 0 saturated heterocycles. The molecule has 1 nitrogen and oxygen atoms in total. The van der Waals surface area contributed by atoms with Crippen molar-refractivity contribution in [3.63, 3.8) is 0 Å². The highest BCUT2D eigenvalue weighted by Crippen LogP contribution is 2.26. The molecule has 0 unspecified atom stereocenters. The van der Waals surface area contributed by atoms with Gasteiger partial charge in [0.25, 0.3) is 0 Å². The lowest BCUT2D eigenvalue weighted by atomic mass is 10.1. The van der Waals surface area contributed by atoms with E-state index in [1.54, 1.807) is 0 Å². The molecule has 0 amide bonds. The topological polar surface area (TPSA) is 12.0 Å². The van der Waals surface area contributed by atoms with E-state index in [4.69, 9.17) is 0 Å². The SMILES string of the molecule is Cc1cc(Br)c(CCCCCNC2CC2)cc1Br. The molecule has 3 heteroatoms. The standard InChI is InChI=1S/C15H21Br2N/c1-11-9-15(17)12(10-14(11)16)5-3-2-4-8-18-13-6-7-13/h9-10,13,18H,2-8H2,1H3. The molecule has 0 aliphatic heterocycles. The Morgan fingerprint density at radius 2 is 1.89 bits per heavy atom. The van der Waals surface area contributed by atoms with Crippen molar-refractivity contribution in [1.29, 1.82) is 0 Å². The van der Waals surface area contributed by atoms with Crippen LogP contribution in [0.15, 0.2) is 21.1 Å². The van der Waals surface area contributed by atoms with E-state index < -0.39 is 0 Å². The molecule has 0 radical (unpaired) electrons. The summed E-state index contributed by atoms with van der Waals surface area (Å²) in [5.41, 5.74) is 2.71. The lowest BCUT2D eigenvalue weighted by Crippen LogP contribution is -2.17. The third kappa shape index (κ3) is 4.67. The zero-order valence-electron chi connectivity index (χ0n) is 10.9. The van der Waals surface area contributed by atoms with Crippen molar-refractivity contribution in [3.05, 3.63) is 32.2 Å². The fraction of sp³-hybridized carbons (Fsp3) is 0.600. The maximum absolute atomic E-state index is 3.66. The summed E-state index contributed by atoms with van der Waals surface area (Å²) in [6, 6.07) is 5.31. The molecule has 1 aromatic carbocycles. The Kier molecular flexibility index (Phi) is 5.71. The van der Waals surface area contributed by atoms with Crippen molar-refractivity contribution >= 4 is 31.9 Å². The molecule has 0 aromatic heterocycles. The molecule has 2 rings (SSSR count). The number of rotatable bonds is 7. The molecule has 0 bridgehead atoms. The van der Waals surface area contributed by atoms with E-state index in [1.807, 2.05) is 0 Å². The van der Waals surface area contributed by atoms with Crippen molar-refractivity contribution in [2.24, 2.45) is 0 Å². The minimum absolute atomic E-state index is 0.854. The molecular weight excluding hydrogens is 354 g/mol. The first kappa shape index (κ1) is 14.5. The number of aryl methyl sites for hydroxylation is 2. The number of halogens is 2. The highest BCUT2D eigenvalue weighted by atomic mass is 79.9. The van der Waals surface area contributed by atoms with Crippen LogP contribution in [-0.2, 0) is 6.42 Å². The van der Waals surface area contributed by atoms with Crippen molar-refractivity contribution in [2.45, 2.75) is 51.5 Å². The fourth-order valence-corrected chi connectivity index (χ4v) is 3.14. The van der Waals surface area contributed by atoms with Gasteiger partial charge in [0.1, 0.15) is 0 Å². The second-order valence-corrected chi connectivity index (χ2v) is 6.94. The first-order chi connectivity index (χ1) is 8.66. The van der Waals surface area contributed by atoms with Gasteiger partial charge in [-0.3, -0.25) is 0 Å². The average Bonchev–Trinajstić information content (AvgIpc) is 3.13. The van der Waals surface area contributed by atoms with Crippen LogP contribution in [0.5, 0.6) is 0 Å². The van der Waals surface area contributed by atoms with Crippen LogP contribution in [0, 0.1) is 6.92 Å². The Morgan fingerprint density at radius 1 is 1.11 bits per heavy atom. The lowest BCUT2D eigenvalue weighted by molar-refractivity contribution is 0.600. The fourth-order valence-electron chi connectivity index (χ4n) is 2.09. The van der Waals surface area contributed by atoms with Gasteiger partial charge in [-0.05, 0) is 68.8 Å². The van der Waals surface area contributed by atoms with Gasteiger partial charge in [-0.2, -0.15) is 0 Å². The van der Waals surface area contributed by atoms with Crippen molar-refractivity contribution < 1.29 is 0 Å². The molecule has 1 fully saturated rings. The second-order valence-electron chi connectivity index (χ2n) is 5.23. The molecule has 1 aliphatic rings. The van der Waals surface area contributed by atoms with E-state index in [1.165, 1.54) is 65.1 Å². The van der Waals surface area contributed by atoms with Crippen LogP contribution in [0.25, 0.3) is 0 Å². The molecule has 1 aliphatic carbocycles.